The highest BCUT2D eigenvalue weighted by Gasteiger charge is 2.24. The van der Waals surface area contributed by atoms with Gasteiger partial charge in [0, 0.05) is 37.9 Å². The molecule has 33 heavy (non-hydrogen) atoms. The van der Waals surface area contributed by atoms with Crippen LogP contribution in [-0.2, 0) is 11.3 Å². The van der Waals surface area contributed by atoms with Crippen LogP contribution in [0, 0.1) is 0 Å². The van der Waals surface area contributed by atoms with Gasteiger partial charge in [-0.15, -0.1) is 0 Å². The number of rotatable bonds is 6. The number of nitrogens with zero attached hydrogens (tertiary/aromatic N) is 4. The average Bonchev–Trinajstić information content (AvgIpc) is 2.86. The topological polar surface area (TPSA) is 76.8 Å². The minimum absolute atomic E-state index is 0.0847. The van der Waals surface area contributed by atoms with Gasteiger partial charge in [-0.3, -0.25) is 18.7 Å². The number of methoxy groups -OCH3 is 1. The van der Waals surface area contributed by atoms with Crippen LogP contribution in [0.25, 0.3) is 10.9 Å². The summed E-state index contributed by atoms with van der Waals surface area (Å²) < 4.78 is 7.94. The van der Waals surface area contributed by atoms with Gasteiger partial charge in [0.1, 0.15) is 12.3 Å². The van der Waals surface area contributed by atoms with Gasteiger partial charge in [0.25, 0.3) is 5.56 Å². The molecular formula is C25H30N4O4. The second-order valence-electron chi connectivity index (χ2n) is 8.38. The lowest BCUT2D eigenvalue weighted by atomic mass is 10.2. The zero-order valence-corrected chi connectivity index (χ0v) is 19.4. The van der Waals surface area contributed by atoms with Gasteiger partial charge in [-0.2, -0.15) is 0 Å². The molecule has 1 saturated heterocycles. The lowest BCUT2D eigenvalue weighted by Gasteiger charge is -2.36. The smallest absolute Gasteiger partial charge is 0.332 e. The van der Waals surface area contributed by atoms with Crippen molar-refractivity contribution in [2.75, 3.05) is 38.2 Å². The quantitative estimate of drug-likeness (QED) is 0.577. The summed E-state index contributed by atoms with van der Waals surface area (Å²) in [5.74, 6) is 0.690. The van der Waals surface area contributed by atoms with E-state index in [1.165, 1.54) is 9.13 Å². The molecule has 1 fully saturated rings. The number of fused-ring (bicyclic) bond motifs is 1. The van der Waals surface area contributed by atoms with E-state index in [0.29, 0.717) is 43.5 Å². The molecule has 0 N–H and O–H groups in total. The molecule has 8 nitrogen and oxygen atoms in total. The van der Waals surface area contributed by atoms with Gasteiger partial charge in [-0.1, -0.05) is 19.1 Å². The normalized spacial score (nSPS) is 15.0. The molecule has 2 aromatic carbocycles. The maximum atomic E-state index is 13.2. The molecule has 0 spiro atoms. The van der Waals surface area contributed by atoms with Crippen LogP contribution in [0.5, 0.6) is 5.75 Å². The van der Waals surface area contributed by atoms with E-state index in [1.807, 2.05) is 38.1 Å². The van der Waals surface area contributed by atoms with Gasteiger partial charge in [0.15, 0.2) is 0 Å². The Hall–Kier alpha value is -3.55. The molecule has 174 valence electrons. The first-order chi connectivity index (χ1) is 15.9. The number of anilines is 1. The second kappa shape index (κ2) is 9.52. The van der Waals surface area contributed by atoms with Crippen molar-refractivity contribution in [2.45, 2.75) is 32.9 Å². The monoisotopic (exact) mass is 450 g/mol. The number of piperazine rings is 1. The molecular weight excluding hydrogens is 420 g/mol. The highest BCUT2D eigenvalue weighted by atomic mass is 16.5. The third-order valence-corrected chi connectivity index (χ3v) is 6.48. The van der Waals surface area contributed by atoms with Crippen LogP contribution in [0.3, 0.4) is 0 Å². The summed E-state index contributed by atoms with van der Waals surface area (Å²) >= 11 is 0. The largest absolute Gasteiger partial charge is 0.497 e. The highest BCUT2D eigenvalue weighted by Crippen LogP contribution is 2.20. The van der Waals surface area contributed by atoms with Crippen LogP contribution in [0.1, 0.15) is 26.3 Å². The number of hydrogen-bond acceptors (Lipinski definition) is 5. The van der Waals surface area contributed by atoms with Crippen LogP contribution in [0.15, 0.2) is 58.1 Å². The Kier molecular flexibility index (Phi) is 6.53. The minimum atomic E-state index is -0.432. The van der Waals surface area contributed by atoms with Crippen molar-refractivity contribution in [3.63, 3.8) is 0 Å². The first-order valence-electron chi connectivity index (χ1n) is 11.4. The Bertz CT molecular complexity index is 1250. The Morgan fingerprint density at radius 3 is 2.30 bits per heavy atom. The molecule has 1 aliphatic rings. The summed E-state index contributed by atoms with van der Waals surface area (Å²) in [5.41, 5.74) is 0.850. The first-order valence-corrected chi connectivity index (χ1v) is 11.4. The van der Waals surface area contributed by atoms with Crippen molar-refractivity contribution in [3.8, 4) is 5.75 Å². The highest BCUT2D eigenvalue weighted by molar-refractivity contribution is 5.82. The summed E-state index contributed by atoms with van der Waals surface area (Å²) in [4.78, 5) is 43.4. The Balaban J connectivity index is 1.55. The first kappa shape index (κ1) is 22.6. The zero-order chi connectivity index (χ0) is 23.5. The van der Waals surface area contributed by atoms with Crippen LogP contribution < -0.4 is 20.9 Å². The molecule has 0 aliphatic carbocycles. The number of carbonyl (C=O) groups excluding carboxylic acids is 1. The van der Waals surface area contributed by atoms with Gasteiger partial charge in [0.2, 0.25) is 5.91 Å². The summed E-state index contributed by atoms with van der Waals surface area (Å²) in [7, 11) is 1.64. The maximum absolute atomic E-state index is 13.2. The minimum Gasteiger partial charge on any atom is -0.497 e. The van der Waals surface area contributed by atoms with Crippen molar-refractivity contribution >= 4 is 22.5 Å². The van der Waals surface area contributed by atoms with E-state index < -0.39 is 5.69 Å². The SMILES string of the molecule is CC[C@H](C)n1c(=O)c2ccccc2n(CC(=O)N2CCN(c3ccc(OC)cc3)CC2)c1=O. The fourth-order valence-corrected chi connectivity index (χ4v) is 4.31. The molecule has 1 amide bonds. The molecule has 1 atom stereocenters. The lowest BCUT2D eigenvalue weighted by Crippen LogP contribution is -2.51. The fourth-order valence-electron chi connectivity index (χ4n) is 4.31. The van der Waals surface area contributed by atoms with E-state index in [-0.39, 0.29) is 24.1 Å². The number of amides is 1. The van der Waals surface area contributed by atoms with E-state index in [9.17, 15) is 14.4 Å². The molecule has 1 aliphatic heterocycles. The number of aromatic nitrogens is 2. The van der Waals surface area contributed by atoms with Crippen molar-refractivity contribution in [2.24, 2.45) is 0 Å². The summed E-state index contributed by atoms with van der Waals surface area (Å²) in [5, 5.41) is 0.453. The summed E-state index contributed by atoms with van der Waals surface area (Å²) in [6, 6.07) is 14.6. The average molecular weight is 451 g/mol. The molecule has 0 saturated carbocycles. The van der Waals surface area contributed by atoms with Crippen LogP contribution >= 0.6 is 0 Å². The molecule has 0 unspecified atom stereocenters. The van der Waals surface area contributed by atoms with Gasteiger partial charge in [0.05, 0.1) is 18.0 Å². The molecule has 0 bridgehead atoms. The molecule has 1 aromatic heterocycles. The zero-order valence-electron chi connectivity index (χ0n) is 19.4. The van der Waals surface area contributed by atoms with Crippen molar-refractivity contribution < 1.29 is 9.53 Å². The van der Waals surface area contributed by atoms with Crippen LogP contribution in [0.2, 0.25) is 0 Å². The Morgan fingerprint density at radius 2 is 1.67 bits per heavy atom. The van der Waals surface area contributed by atoms with Crippen molar-refractivity contribution in [3.05, 3.63) is 69.4 Å². The van der Waals surface area contributed by atoms with Crippen LogP contribution in [0.4, 0.5) is 5.69 Å². The fraction of sp³-hybridized carbons (Fsp3) is 0.400. The number of ether oxygens (including phenoxy) is 1. The van der Waals surface area contributed by atoms with Crippen molar-refractivity contribution in [1.29, 1.82) is 0 Å². The van der Waals surface area contributed by atoms with E-state index in [2.05, 4.69) is 4.90 Å². The van der Waals surface area contributed by atoms with Gasteiger partial charge in [-0.25, -0.2) is 4.79 Å². The number of para-hydroxylation sites is 1. The maximum Gasteiger partial charge on any atom is 0.332 e. The Morgan fingerprint density at radius 1 is 1.00 bits per heavy atom. The summed E-state index contributed by atoms with van der Waals surface area (Å²) in [6.07, 6.45) is 0.648. The van der Waals surface area contributed by atoms with Crippen LogP contribution in [-0.4, -0.2) is 53.2 Å². The van der Waals surface area contributed by atoms with Gasteiger partial charge in [-0.05, 0) is 49.7 Å². The number of hydrogen-bond donors (Lipinski definition) is 0. The molecule has 3 aromatic rings. The lowest BCUT2D eigenvalue weighted by molar-refractivity contribution is -0.132. The molecule has 4 rings (SSSR count). The van der Waals surface area contributed by atoms with Gasteiger partial charge >= 0.3 is 5.69 Å². The predicted octanol–water partition coefficient (Wildman–Crippen LogP) is 2.49. The van der Waals surface area contributed by atoms with Crippen molar-refractivity contribution in [1.82, 2.24) is 14.0 Å². The standard InChI is InChI=1S/C25H30N4O4/c1-4-18(2)29-24(31)21-7-5-6-8-22(21)28(25(29)32)17-23(30)27-15-13-26(14-16-27)19-9-11-20(33-3)12-10-19/h5-12,18H,4,13-17H2,1-3H3/t18-/m0/s1. The van der Waals surface area contributed by atoms with E-state index in [0.717, 1.165) is 11.4 Å². The summed E-state index contributed by atoms with van der Waals surface area (Å²) in [6.45, 7) is 6.26. The third kappa shape index (κ3) is 4.37. The molecule has 0 radical (unpaired) electrons. The number of benzene rings is 2. The van der Waals surface area contributed by atoms with Gasteiger partial charge < -0.3 is 14.5 Å². The van der Waals surface area contributed by atoms with E-state index in [1.54, 1.807) is 36.3 Å². The second-order valence-corrected chi connectivity index (χ2v) is 8.38. The predicted molar refractivity (Wildman–Crippen MR) is 129 cm³/mol. The third-order valence-electron chi connectivity index (χ3n) is 6.48. The van der Waals surface area contributed by atoms with E-state index >= 15 is 0 Å². The van der Waals surface area contributed by atoms with E-state index in [4.69, 9.17) is 4.74 Å². The molecule has 8 heteroatoms. The Labute approximate surface area is 192 Å². The molecule has 2 heterocycles. The number of carbonyl (C=O) groups is 1.